The second-order valence-corrected chi connectivity index (χ2v) is 8.37. The molecule has 0 radical (unpaired) electrons. The Balaban J connectivity index is 1.77. The largest absolute Gasteiger partial charge is 0.489 e. The molecule has 1 atom stereocenters. The van der Waals surface area contributed by atoms with Gasteiger partial charge in [-0.3, -0.25) is 9.59 Å². The maximum Gasteiger partial charge on any atom is 0.324 e. The molecule has 5 heteroatoms. The molecule has 1 fully saturated rings. The lowest BCUT2D eigenvalue weighted by Crippen LogP contribution is -2.48. The molecule has 1 aliphatic rings. The summed E-state index contributed by atoms with van der Waals surface area (Å²) in [6, 6.07) is 25.0. The highest BCUT2D eigenvalue weighted by atomic mass is 16.7. The molecule has 1 heterocycles. The maximum atomic E-state index is 13.0. The molecule has 32 heavy (non-hydrogen) atoms. The highest BCUT2D eigenvalue weighted by molar-refractivity contribution is 5.98. The number of aryl methyl sites for hydroxylation is 1. The molecule has 1 aliphatic heterocycles. The molecular formula is C27H26O5. The van der Waals surface area contributed by atoms with E-state index in [-0.39, 0.29) is 0 Å². The third kappa shape index (κ3) is 4.52. The van der Waals surface area contributed by atoms with Crippen LogP contribution in [0.4, 0.5) is 0 Å². The molecule has 0 spiro atoms. The van der Waals surface area contributed by atoms with Crippen molar-refractivity contribution in [3.63, 3.8) is 0 Å². The molecule has 5 nitrogen and oxygen atoms in total. The van der Waals surface area contributed by atoms with Crippen molar-refractivity contribution < 1.29 is 23.8 Å². The Morgan fingerprint density at radius 1 is 0.812 bits per heavy atom. The van der Waals surface area contributed by atoms with Crippen molar-refractivity contribution in [2.75, 3.05) is 0 Å². The van der Waals surface area contributed by atoms with Crippen LogP contribution in [0.25, 0.3) is 0 Å². The summed E-state index contributed by atoms with van der Waals surface area (Å²) >= 11 is 0. The van der Waals surface area contributed by atoms with Crippen molar-refractivity contribution >= 4 is 11.9 Å². The predicted octanol–water partition coefficient (Wildman–Crippen LogP) is 5.16. The molecule has 0 amide bonds. The molecule has 0 bridgehead atoms. The quantitative estimate of drug-likeness (QED) is 0.399. The van der Waals surface area contributed by atoms with Gasteiger partial charge in [0, 0.05) is 25.3 Å². The van der Waals surface area contributed by atoms with E-state index in [4.69, 9.17) is 14.2 Å². The van der Waals surface area contributed by atoms with Crippen LogP contribution in [0.2, 0.25) is 0 Å². The Morgan fingerprint density at radius 2 is 1.38 bits per heavy atom. The average Bonchev–Trinajstić information content (AvgIpc) is 2.76. The highest BCUT2D eigenvalue weighted by Gasteiger charge is 2.49. The van der Waals surface area contributed by atoms with Gasteiger partial charge in [0.2, 0.25) is 0 Å². The first-order chi connectivity index (χ1) is 15.4. The Labute approximate surface area is 187 Å². The first-order valence-electron chi connectivity index (χ1n) is 10.6. The number of ether oxygens (including phenoxy) is 3. The van der Waals surface area contributed by atoms with Gasteiger partial charge in [-0.25, -0.2) is 0 Å². The number of hydrogen-bond donors (Lipinski definition) is 0. The first-order valence-corrected chi connectivity index (χ1v) is 10.6. The summed E-state index contributed by atoms with van der Waals surface area (Å²) in [4.78, 5) is 26.1. The number of para-hydroxylation sites is 1. The van der Waals surface area contributed by atoms with Crippen molar-refractivity contribution in [1.29, 1.82) is 0 Å². The molecule has 3 aromatic rings. The van der Waals surface area contributed by atoms with Gasteiger partial charge in [0.1, 0.15) is 12.4 Å². The van der Waals surface area contributed by atoms with E-state index in [0.717, 1.165) is 22.3 Å². The van der Waals surface area contributed by atoms with E-state index in [9.17, 15) is 9.59 Å². The Kier molecular flexibility index (Phi) is 5.99. The van der Waals surface area contributed by atoms with Gasteiger partial charge in [-0.1, -0.05) is 72.8 Å². The fourth-order valence-electron chi connectivity index (χ4n) is 4.07. The fraction of sp³-hybridized carbons (Fsp3) is 0.259. The van der Waals surface area contributed by atoms with E-state index in [0.29, 0.717) is 12.4 Å². The molecule has 0 N–H and O–H groups in total. The summed E-state index contributed by atoms with van der Waals surface area (Å²) in [6.45, 7) is 5.43. The molecule has 0 aromatic heterocycles. The minimum absolute atomic E-state index is 0.366. The van der Waals surface area contributed by atoms with Crippen molar-refractivity contribution in [2.24, 2.45) is 5.92 Å². The summed E-state index contributed by atoms with van der Waals surface area (Å²) < 4.78 is 17.1. The highest BCUT2D eigenvalue weighted by Crippen LogP contribution is 2.42. The monoisotopic (exact) mass is 430 g/mol. The molecule has 1 saturated heterocycles. The second kappa shape index (κ2) is 8.87. The summed E-state index contributed by atoms with van der Waals surface area (Å²) in [5, 5.41) is 0. The summed E-state index contributed by atoms with van der Waals surface area (Å²) in [7, 11) is 0. The van der Waals surface area contributed by atoms with Crippen molar-refractivity contribution in [3.8, 4) is 5.75 Å². The van der Waals surface area contributed by atoms with Gasteiger partial charge in [0.25, 0.3) is 5.79 Å². The molecule has 3 aromatic carbocycles. The van der Waals surface area contributed by atoms with Gasteiger partial charge in [0.15, 0.2) is 5.92 Å². The first kappa shape index (κ1) is 21.6. The Hall–Kier alpha value is -3.60. The smallest absolute Gasteiger partial charge is 0.324 e. The predicted molar refractivity (Wildman–Crippen MR) is 120 cm³/mol. The number of carbonyl (C=O) groups is 2. The van der Waals surface area contributed by atoms with E-state index in [1.54, 1.807) is 13.8 Å². The lowest BCUT2D eigenvalue weighted by atomic mass is 9.78. The average molecular weight is 431 g/mol. The SMILES string of the molecule is Cc1ccccc1C(c1ccccc1OCc1ccccc1)C1C(=O)OC(C)(C)OC1=O. The summed E-state index contributed by atoms with van der Waals surface area (Å²) in [6.07, 6.45) is 0. The number of cyclic esters (lactones) is 2. The van der Waals surface area contributed by atoms with Crippen LogP contribution in [-0.2, 0) is 25.7 Å². The van der Waals surface area contributed by atoms with Crippen molar-refractivity contribution in [2.45, 2.75) is 39.1 Å². The standard InChI is InChI=1S/C27H26O5/c1-18-11-7-8-14-20(18)23(24-25(28)31-27(2,3)32-26(24)29)21-15-9-10-16-22(21)30-17-19-12-5-4-6-13-19/h4-16,23-24H,17H2,1-3H3. The van der Waals surface area contributed by atoms with Crippen LogP contribution < -0.4 is 4.74 Å². The van der Waals surface area contributed by atoms with Gasteiger partial charge in [-0.15, -0.1) is 0 Å². The normalized spacial score (nSPS) is 16.7. The van der Waals surface area contributed by atoms with Crippen LogP contribution in [0.5, 0.6) is 5.75 Å². The minimum atomic E-state index is -1.29. The van der Waals surface area contributed by atoms with Crippen molar-refractivity contribution in [3.05, 3.63) is 101 Å². The molecule has 0 saturated carbocycles. The van der Waals surface area contributed by atoms with E-state index < -0.39 is 29.6 Å². The zero-order valence-electron chi connectivity index (χ0n) is 18.4. The van der Waals surface area contributed by atoms with Gasteiger partial charge in [-0.2, -0.15) is 0 Å². The number of rotatable bonds is 6. The van der Waals surface area contributed by atoms with E-state index >= 15 is 0 Å². The molecule has 1 unspecified atom stereocenters. The number of hydrogen-bond acceptors (Lipinski definition) is 5. The number of carbonyl (C=O) groups excluding carboxylic acids is 2. The lowest BCUT2D eigenvalue weighted by Gasteiger charge is -2.36. The molecule has 4 rings (SSSR count). The van der Waals surface area contributed by atoms with Gasteiger partial charge in [0.05, 0.1) is 0 Å². The lowest BCUT2D eigenvalue weighted by molar-refractivity contribution is -0.240. The zero-order chi connectivity index (χ0) is 22.7. The second-order valence-electron chi connectivity index (χ2n) is 8.37. The van der Waals surface area contributed by atoms with Crippen LogP contribution in [0.15, 0.2) is 78.9 Å². The van der Waals surface area contributed by atoms with Gasteiger partial charge < -0.3 is 14.2 Å². The Morgan fingerprint density at radius 3 is 2.03 bits per heavy atom. The third-order valence-corrected chi connectivity index (χ3v) is 5.55. The van der Waals surface area contributed by atoms with E-state index in [1.165, 1.54) is 0 Å². The number of benzene rings is 3. The van der Waals surface area contributed by atoms with Crippen LogP contribution in [0.1, 0.15) is 42.0 Å². The fourth-order valence-corrected chi connectivity index (χ4v) is 4.07. The van der Waals surface area contributed by atoms with Crippen LogP contribution in [-0.4, -0.2) is 17.7 Å². The van der Waals surface area contributed by atoms with Crippen molar-refractivity contribution in [1.82, 2.24) is 0 Å². The Bertz CT molecular complexity index is 1100. The van der Waals surface area contributed by atoms with Gasteiger partial charge in [-0.05, 0) is 29.7 Å². The van der Waals surface area contributed by atoms with Crippen LogP contribution >= 0.6 is 0 Å². The van der Waals surface area contributed by atoms with Crippen LogP contribution in [0, 0.1) is 12.8 Å². The summed E-state index contributed by atoms with van der Waals surface area (Å²) in [5.74, 6) is -3.63. The minimum Gasteiger partial charge on any atom is -0.489 e. The zero-order valence-corrected chi connectivity index (χ0v) is 18.4. The van der Waals surface area contributed by atoms with Crippen LogP contribution in [0.3, 0.4) is 0 Å². The van der Waals surface area contributed by atoms with Gasteiger partial charge >= 0.3 is 11.9 Å². The molecule has 164 valence electrons. The molecule has 0 aliphatic carbocycles. The topological polar surface area (TPSA) is 61.8 Å². The summed E-state index contributed by atoms with van der Waals surface area (Å²) in [5.41, 5.74) is 3.56. The molecular weight excluding hydrogens is 404 g/mol. The maximum absolute atomic E-state index is 13.0. The van der Waals surface area contributed by atoms with E-state index in [1.807, 2.05) is 85.8 Å². The number of esters is 2. The third-order valence-electron chi connectivity index (χ3n) is 5.55. The van der Waals surface area contributed by atoms with E-state index in [2.05, 4.69) is 0 Å².